The first kappa shape index (κ1) is 25.7. The number of aryl methyl sites for hydroxylation is 1. The van der Waals surface area contributed by atoms with Crippen molar-refractivity contribution < 1.29 is 14.3 Å². The topological polar surface area (TPSA) is 75.2 Å². The van der Waals surface area contributed by atoms with Crippen molar-refractivity contribution in [1.29, 1.82) is 0 Å². The fourth-order valence-electron chi connectivity index (χ4n) is 3.81. The van der Waals surface area contributed by atoms with Crippen LogP contribution in [0.25, 0.3) is 0 Å². The monoisotopic (exact) mass is 544 g/mol. The number of benzene rings is 1. The zero-order chi connectivity index (χ0) is 21.2. The summed E-state index contributed by atoms with van der Waals surface area (Å²) in [7, 11) is 0. The van der Waals surface area contributed by atoms with E-state index in [1.165, 1.54) is 5.56 Å². The predicted molar refractivity (Wildman–Crippen MR) is 134 cm³/mol. The van der Waals surface area contributed by atoms with Crippen molar-refractivity contribution in [2.45, 2.75) is 58.6 Å². The van der Waals surface area contributed by atoms with E-state index in [0.29, 0.717) is 19.6 Å². The number of ether oxygens (including phenoxy) is 2. The Kier molecular flexibility index (Phi) is 11.4. The zero-order valence-electron chi connectivity index (χ0n) is 18.8. The van der Waals surface area contributed by atoms with E-state index >= 15 is 0 Å². The van der Waals surface area contributed by atoms with Gasteiger partial charge in [-0.2, -0.15) is 0 Å². The molecule has 2 N–H and O–H groups in total. The number of aliphatic imine (C=N–C) groups is 1. The van der Waals surface area contributed by atoms with Crippen molar-refractivity contribution in [1.82, 2.24) is 15.5 Å². The summed E-state index contributed by atoms with van der Waals surface area (Å²) in [6.07, 6.45) is 4.98. The quantitative estimate of drug-likeness (QED) is 0.205. The molecule has 7 nitrogen and oxygen atoms in total. The maximum atomic E-state index is 11.7. The minimum absolute atomic E-state index is 0. The molecule has 3 rings (SSSR count). The molecule has 2 fully saturated rings. The Morgan fingerprint density at radius 1 is 1.32 bits per heavy atom. The average molecular weight is 544 g/mol. The Morgan fingerprint density at radius 3 is 2.90 bits per heavy atom. The summed E-state index contributed by atoms with van der Waals surface area (Å²) in [5.74, 6) is 1.96. The molecule has 1 aromatic rings. The van der Waals surface area contributed by atoms with Gasteiger partial charge in [-0.25, -0.2) is 4.99 Å². The van der Waals surface area contributed by atoms with Gasteiger partial charge in [0, 0.05) is 44.8 Å². The van der Waals surface area contributed by atoms with Gasteiger partial charge < -0.3 is 25.0 Å². The number of rotatable bonds is 10. The minimum atomic E-state index is 0. The van der Waals surface area contributed by atoms with Crippen molar-refractivity contribution in [3.8, 4) is 5.75 Å². The largest absolute Gasteiger partial charge is 0.491 e. The molecule has 174 valence electrons. The Hall–Kier alpha value is -1.55. The standard InChI is InChI=1S/C23H36N4O3.HI/c1-3-24-23(25-11-6-13-27-12-4-8-22(27)28)26-16-19-10-9-18(2)15-21(19)30-17-20-7-5-14-29-20;/h9-10,15,20H,3-8,11-14,16-17H2,1-2H3,(H2,24,25,26);1H. The van der Waals surface area contributed by atoms with Crippen molar-refractivity contribution in [2.24, 2.45) is 4.99 Å². The number of nitrogens with one attached hydrogen (secondary N) is 2. The van der Waals surface area contributed by atoms with Crippen LogP contribution in [0.2, 0.25) is 0 Å². The lowest BCUT2D eigenvalue weighted by Gasteiger charge is -2.17. The molecule has 31 heavy (non-hydrogen) atoms. The molecule has 0 saturated carbocycles. The van der Waals surface area contributed by atoms with Crippen LogP contribution >= 0.6 is 24.0 Å². The number of carbonyl (C=O) groups is 1. The molecule has 0 aliphatic carbocycles. The SMILES string of the molecule is CCNC(=NCc1ccc(C)cc1OCC1CCCO1)NCCCN1CCCC1=O.I. The smallest absolute Gasteiger partial charge is 0.222 e. The van der Waals surface area contributed by atoms with E-state index in [-0.39, 0.29) is 36.0 Å². The molecule has 0 spiro atoms. The van der Waals surface area contributed by atoms with Gasteiger partial charge in [0.1, 0.15) is 12.4 Å². The molecular formula is C23H37IN4O3. The van der Waals surface area contributed by atoms with E-state index in [4.69, 9.17) is 14.5 Å². The van der Waals surface area contributed by atoms with Crippen molar-refractivity contribution in [3.05, 3.63) is 29.3 Å². The van der Waals surface area contributed by atoms with Crippen LogP contribution in [0.5, 0.6) is 5.75 Å². The molecule has 2 heterocycles. The van der Waals surface area contributed by atoms with Crippen LogP contribution in [-0.4, -0.2) is 62.3 Å². The van der Waals surface area contributed by atoms with Crippen molar-refractivity contribution >= 4 is 35.8 Å². The summed E-state index contributed by atoms with van der Waals surface area (Å²) in [4.78, 5) is 18.4. The second-order valence-electron chi connectivity index (χ2n) is 8.02. The van der Waals surface area contributed by atoms with Gasteiger partial charge >= 0.3 is 0 Å². The van der Waals surface area contributed by atoms with Crippen molar-refractivity contribution in [3.63, 3.8) is 0 Å². The van der Waals surface area contributed by atoms with Crippen LogP contribution in [0.3, 0.4) is 0 Å². The van der Waals surface area contributed by atoms with Gasteiger partial charge in [0.2, 0.25) is 5.91 Å². The lowest BCUT2D eigenvalue weighted by Crippen LogP contribution is -2.39. The summed E-state index contributed by atoms with van der Waals surface area (Å²) < 4.78 is 11.8. The van der Waals surface area contributed by atoms with E-state index in [1.807, 2.05) is 4.90 Å². The molecular weight excluding hydrogens is 507 g/mol. The zero-order valence-corrected chi connectivity index (χ0v) is 21.2. The predicted octanol–water partition coefficient (Wildman–Crippen LogP) is 3.24. The van der Waals surface area contributed by atoms with E-state index in [0.717, 1.165) is 75.7 Å². The van der Waals surface area contributed by atoms with Crippen LogP contribution in [0.1, 0.15) is 50.2 Å². The third-order valence-electron chi connectivity index (χ3n) is 5.49. The van der Waals surface area contributed by atoms with E-state index in [9.17, 15) is 4.79 Å². The first-order valence-corrected chi connectivity index (χ1v) is 11.3. The van der Waals surface area contributed by atoms with Gasteiger partial charge in [-0.3, -0.25) is 4.79 Å². The number of hydrogen-bond acceptors (Lipinski definition) is 4. The number of amides is 1. The molecule has 1 atom stereocenters. The van der Waals surface area contributed by atoms with E-state index in [2.05, 4.69) is 42.7 Å². The number of likely N-dealkylation sites (tertiary alicyclic amines) is 1. The number of carbonyl (C=O) groups excluding carboxylic acids is 1. The van der Waals surface area contributed by atoms with Crippen LogP contribution in [-0.2, 0) is 16.1 Å². The number of halogens is 1. The molecule has 0 bridgehead atoms. The normalized spacial score (nSPS) is 18.8. The van der Waals surface area contributed by atoms with E-state index < -0.39 is 0 Å². The first-order chi connectivity index (χ1) is 14.7. The molecule has 2 aliphatic heterocycles. The Labute approximate surface area is 203 Å². The Balaban J connectivity index is 0.00000341. The lowest BCUT2D eigenvalue weighted by atomic mass is 10.1. The van der Waals surface area contributed by atoms with Crippen LogP contribution < -0.4 is 15.4 Å². The number of guanidine groups is 1. The van der Waals surface area contributed by atoms with Crippen LogP contribution in [0, 0.1) is 6.92 Å². The Bertz CT molecular complexity index is 723. The number of hydrogen-bond donors (Lipinski definition) is 2. The Morgan fingerprint density at radius 2 is 2.19 bits per heavy atom. The molecule has 2 aliphatic rings. The highest BCUT2D eigenvalue weighted by molar-refractivity contribution is 14.0. The maximum Gasteiger partial charge on any atom is 0.222 e. The molecule has 0 radical (unpaired) electrons. The molecule has 8 heteroatoms. The molecule has 1 amide bonds. The van der Waals surface area contributed by atoms with Gasteiger partial charge in [-0.15, -0.1) is 24.0 Å². The summed E-state index contributed by atoms with van der Waals surface area (Å²) in [5.41, 5.74) is 2.24. The molecule has 1 aromatic carbocycles. The summed E-state index contributed by atoms with van der Waals surface area (Å²) in [6, 6.07) is 6.26. The third-order valence-corrected chi connectivity index (χ3v) is 5.49. The van der Waals surface area contributed by atoms with Gasteiger partial charge in [-0.1, -0.05) is 12.1 Å². The van der Waals surface area contributed by atoms with Gasteiger partial charge in [0.25, 0.3) is 0 Å². The molecule has 1 unspecified atom stereocenters. The second-order valence-corrected chi connectivity index (χ2v) is 8.02. The first-order valence-electron chi connectivity index (χ1n) is 11.3. The minimum Gasteiger partial charge on any atom is -0.491 e. The fraction of sp³-hybridized carbons (Fsp3) is 0.652. The van der Waals surface area contributed by atoms with Crippen molar-refractivity contribution in [2.75, 3.05) is 39.4 Å². The fourth-order valence-corrected chi connectivity index (χ4v) is 3.81. The highest BCUT2D eigenvalue weighted by atomic mass is 127. The second kappa shape index (κ2) is 13.8. The highest BCUT2D eigenvalue weighted by Gasteiger charge is 2.19. The third kappa shape index (κ3) is 8.48. The highest BCUT2D eigenvalue weighted by Crippen LogP contribution is 2.23. The lowest BCUT2D eigenvalue weighted by molar-refractivity contribution is -0.127. The van der Waals surface area contributed by atoms with Crippen LogP contribution in [0.4, 0.5) is 0 Å². The molecule has 0 aromatic heterocycles. The average Bonchev–Trinajstić information content (AvgIpc) is 3.40. The summed E-state index contributed by atoms with van der Waals surface area (Å²) in [5, 5.41) is 6.67. The summed E-state index contributed by atoms with van der Waals surface area (Å²) in [6.45, 7) is 9.39. The maximum absolute atomic E-state index is 11.7. The van der Waals surface area contributed by atoms with E-state index in [1.54, 1.807) is 0 Å². The molecule has 2 saturated heterocycles. The van der Waals surface area contributed by atoms with Gasteiger partial charge in [0.05, 0.1) is 12.6 Å². The van der Waals surface area contributed by atoms with Gasteiger partial charge in [0.15, 0.2) is 5.96 Å². The van der Waals surface area contributed by atoms with Gasteiger partial charge in [-0.05, 0) is 51.2 Å². The summed E-state index contributed by atoms with van der Waals surface area (Å²) >= 11 is 0. The number of nitrogens with zero attached hydrogens (tertiary/aromatic N) is 2. The van der Waals surface area contributed by atoms with Crippen LogP contribution in [0.15, 0.2) is 23.2 Å².